The van der Waals surface area contributed by atoms with Crippen molar-refractivity contribution in [1.82, 2.24) is 15.6 Å². The number of carbonyl (C=O) groups excluding carboxylic acids is 2. The third-order valence-corrected chi connectivity index (χ3v) is 3.35. The average molecular weight is 269 g/mol. The van der Waals surface area contributed by atoms with Crippen molar-refractivity contribution in [3.8, 4) is 0 Å². The quantitative estimate of drug-likeness (QED) is 0.844. The third-order valence-electron chi connectivity index (χ3n) is 2.39. The molecule has 0 fully saturated rings. The summed E-state index contributed by atoms with van der Waals surface area (Å²) in [7, 11) is 0. The lowest BCUT2D eigenvalue weighted by Crippen LogP contribution is -2.48. The van der Waals surface area contributed by atoms with Gasteiger partial charge in [0.2, 0.25) is 11.8 Å². The summed E-state index contributed by atoms with van der Waals surface area (Å²) >= 11 is 1.51. The smallest absolute Gasteiger partial charge is 0.243 e. The summed E-state index contributed by atoms with van der Waals surface area (Å²) in [5.74, 6) is -0.325. The van der Waals surface area contributed by atoms with Gasteiger partial charge < -0.3 is 10.6 Å². The lowest BCUT2D eigenvalue weighted by atomic mass is 10.0. The number of hydrogen-bond acceptors (Lipinski definition) is 4. The second-order valence-electron chi connectivity index (χ2n) is 4.52. The molecule has 0 aromatic carbocycles. The van der Waals surface area contributed by atoms with E-state index in [4.69, 9.17) is 0 Å². The van der Waals surface area contributed by atoms with Gasteiger partial charge >= 0.3 is 0 Å². The van der Waals surface area contributed by atoms with E-state index >= 15 is 0 Å². The van der Waals surface area contributed by atoms with Crippen molar-refractivity contribution < 1.29 is 9.59 Å². The minimum Gasteiger partial charge on any atom is -0.348 e. The first kappa shape index (κ1) is 14.6. The Labute approximate surface area is 111 Å². The van der Waals surface area contributed by atoms with E-state index in [9.17, 15) is 9.59 Å². The molecule has 0 aliphatic heterocycles. The van der Waals surface area contributed by atoms with Crippen LogP contribution in [-0.2, 0) is 16.1 Å². The minimum absolute atomic E-state index is 0.0481. The van der Waals surface area contributed by atoms with Gasteiger partial charge in [0.15, 0.2) is 0 Å². The van der Waals surface area contributed by atoms with Crippen LogP contribution in [0.3, 0.4) is 0 Å². The molecule has 18 heavy (non-hydrogen) atoms. The predicted octanol–water partition coefficient (Wildman–Crippen LogP) is 1.23. The molecule has 100 valence electrons. The number of thiazole rings is 1. The zero-order chi connectivity index (χ0) is 13.7. The van der Waals surface area contributed by atoms with Crippen molar-refractivity contribution in [2.24, 2.45) is 5.92 Å². The molecule has 5 nitrogen and oxygen atoms in total. The molecule has 0 aliphatic rings. The Morgan fingerprint density at radius 1 is 1.44 bits per heavy atom. The molecule has 1 aromatic rings. The van der Waals surface area contributed by atoms with Gasteiger partial charge in [-0.25, -0.2) is 4.98 Å². The first-order valence-electron chi connectivity index (χ1n) is 5.86. The highest BCUT2D eigenvalue weighted by Gasteiger charge is 2.22. The van der Waals surface area contributed by atoms with Crippen molar-refractivity contribution in [2.45, 2.75) is 40.3 Å². The summed E-state index contributed by atoms with van der Waals surface area (Å²) in [4.78, 5) is 27.3. The molecule has 0 spiro atoms. The van der Waals surface area contributed by atoms with Gasteiger partial charge in [-0.1, -0.05) is 13.8 Å². The number of amides is 2. The summed E-state index contributed by atoms with van der Waals surface area (Å²) in [5.41, 5.74) is 0.950. The Morgan fingerprint density at radius 2 is 2.11 bits per heavy atom. The van der Waals surface area contributed by atoms with Gasteiger partial charge in [-0.3, -0.25) is 9.59 Å². The molecule has 0 saturated heterocycles. The first-order chi connectivity index (χ1) is 8.40. The van der Waals surface area contributed by atoms with Crippen LogP contribution < -0.4 is 10.6 Å². The minimum atomic E-state index is -0.497. The molecule has 1 atom stereocenters. The van der Waals surface area contributed by atoms with Gasteiger partial charge in [0.05, 0.1) is 6.54 Å². The van der Waals surface area contributed by atoms with E-state index < -0.39 is 6.04 Å². The molecule has 0 aliphatic carbocycles. The second kappa shape index (κ2) is 6.49. The number of aromatic nitrogens is 1. The first-order valence-corrected chi connectivity index (χ1v) is 6.74. The van der Waals surface area contributed by atoms with E-state index in [-0.39, 0.29) is 17.7 Å². The molecule has 6 heteroatoms. The van der Waals surface area contributed by atoms with Gasteiger partial charge in [0.1, 0.15) is 11.0 Å². The fourth-order valence-electron chi connectivity index (χ4n) is 1.51. The van der Waals surface area contributed by atoms with Gasteiger partial charge in [-0.2, -0.15) is 0 Å². The maximum absolute atomic E-state index is 12.0. The highest BCUT2D eigenvalue weighted by atomic mass is 32.1. The Kier molecular flexibility index (Phi) is 5.27. The average Bonchev–Trinajstić information content (AvgIpc) is 2.68. The molecule has 2 N–H and O–H groups in total. The van der Waals surface area contributed by atoms with Crippen LogP contribution in [0.2, 0.25) is 0 Å². The number of rotatable bonds is 5. The molecular weight excluding hydrogens is 250 g/mol. The van der Waals surface area contributed by atoms with Crippen molar-refractivity contribution in [3.63, 3.8) is 0 Å². The number of carbonyl (C=O) groups is 2. The van der Waals surface area contributed by atoms with Gasteiger partial charge in [0, 0.05) is 18.0 Å². The van der Waals surface area contributed by atoms with Crippen LogP contribution in [0.4, 0.5) is 0 Å². The van der Waals surface area contributed by atoms with Crippen LogP contribution in [0.5, 0.6) is 0 Å². The standard InChI is InChI=1S/C12H19N3O2S/c1-7(2)11(15-9(4)16)12(17)13-5-10-14-8(3)6-18-10/h6-7,11H,5H2,1-4H3,(H,13,17)(H,15,16). The normalized spacial score (nSPS) is 12.3. The third kappa shape index (κ3) is 4.44. The zero-order valence-electron chi connectivity index (χ0n) is 11.1. The van der Waals surface area contributed by atoms with Crippen LogP contribution >= 0.6 is 11.3 Å². The summed E-state index contributed by atoms with van der Waals surface area (Å²) in [6.07, 6.45) is 0. The summed E-state index contributed by atoms with van der Waals surface area (Å²) < 4.78 is 0. The lowest BCUT2D eigenvalue weighted by molar-refractivity contribution is -0.129. The predicted molar refractivity (Wildman–Crippen MR) is 71.1 cm³/mol. The summed E-state index contributed by atoms with van der Waals surface area (Å²) in [6, 6.07) is -0.497. The van der Waals surface area contributed by atoms with Crippen molar-refractivity contribution in [2.75, 3.05) is 0 Å². The summed E-state index contributed by atoms with van der Waals surface area (Å²) in [5, 5.41) is 8.25. The molecule has 1 aromatic heterocycles. The van der Waals surface area contributed by atoms with E-state index in [2.05, 4.69) is 15.6 Å². The van der Waals surface area contributed by atoms with Crippen LogP contribution in [0.15, 0.2) is 5.38 Å². The molecule has 0 bridgehead atoms. The molecule has 1 unspecified atom stereocenters. The van der Waals surface area contributed by atoms with E-state index in [1.165, 1.54) is 18.3 Å². The number of hydrogen-bond donors (Lipinski definition) is 2. The van der Waals surface area contributed by atoms with Crippen molar-refractivity contribution in [3.05, 3.63) is 16.1 Å². The molecular formula is C12H19N3O2S. The SMILES string of the molecule is CC(=O)NC(C(=O)NCc1nc(C)cs1)C(C)C. The second-order valence-corrected chi connectivity index (χ2v) is 5.47. The number of nitrogens with one attached hydrogen (secondary N) is 2. The summed E-state index contributed by atoms with van der Waals surface area (Å²) in [6.45, 7) is 7.52. The molecule has 1 heterocycles. The van der Waals surface area contributed by atoms with E-state index in [1.807, 2.05) is 26.2 Å². The monoisotopic (exact) mass is 269 g/mol. The maximum Gasteiger partial charge on any atom is 0.243 e. The number of nitrogens with zero attached hydrogens (tertiary/aromatic N) is 1. The Balaban J connectivity index is 2.53. The highest BCUT2D eigenvalue weighted by molar-refractivity contribution is 7.09. The molecule has 0 saturated carbocycles. The Bertz CT molecular complexity index is 429. The van der Waals surface area contributed by atoms with Crippen LogP contribution in [-0.4, -0.2) is 22.8 Å². The molecule has 2 amide bonds. The number of aryl methyl sites for hydroxylation is 1. The maximum atomic E-state index is 12.0. The highest BCUT2D eigenvalue weighted by Crippen LogP contribution is 2.08. The Hall–Kier alpha value is -1.43. The van der Waals surface area contributed by atoms with E-state index in [0.717, 1.165) is 10.7 Å². The van der Waals surface area contributed by atoms with Crippen LogP contribution in [0.1, 0.15) is 31.5 Å². The van der Waals surface area contributed by atoms with Crippen LogP contribution in [0.25, 0.3) is 0 Å². The van der Waals surface area contributed by atoms with Crippen LogP contribution in [0, 0.1) is 12.8 Å². The Morgan fingerprint density at radius 3 is 2.56 bits per heavy atom. The van der Waals surface area contributed by atoms with E-state index in [1.54, 1.807) is 0 Å². The van der Waals surface area contributed by atoms with Gasteiger partial charge in [-0.05, 0) is 12.8 Å². The van der Waals surface area contributed by atoms with Gasteiger partial charge in [0.25, 0.3) is 0 Å². The fourth-order valence-corrected chi connectivity index (χ4v) is 2.22. The zero-order valence-corrected chi connectivity index (χ0v) is 11.9. The largest absolute Gasteiger partial charge is 0.348 e. The topological polar surface area (TPSA) is 71.1 Å². The molecule has 1 rings (SSSR count). The van der Waals surface area contributed by atoms with Crippen molar-refractivity contribution in [1.29, 1.82) is 0 Å². The van der Waals surface area contributed by atoms with E-state index in [0.29, 0.717) is 6.54 Å². The van der Waals surface area contributed by atoms with Gasteiger partial charge in [-0.15, -0.1) is 11.3 Å². The fraction of sp³-hybridized carbons (Fsp3) is 0.583. The molecule has 0 radical (unpaired) electrons. The van der Waals surface area contributed by atoms with Crippen molar-refractivity contribution >= 4 is 23.2 Å². The lowest BCUT2D eigenvalue weighted by Gasteiger charge is -2.20.